The molecule has 0 fully saturated rings. The molecule has 1 aliphatic rings. The maximum Gasteiger partial charge on any atom is 0.323 e. The summed E-state index contributed by atoms with van der Waals surface area (Å²) in [6.45, 7) is 2.03. The predicted octanol–water partition coefficient (Wildman–Crippen LogP) is 2.80. The zero-order valence-corrected chi connectivity index (χ0v) is 14.9. The molecule has 1 aromatic carbocycles. The van der Waals surface area contributed by atoms with Crippen LogP contribution in [0.15, 0.2) is 55.0 Å². The van der Waals surface area contributed by atoms with E-state index < -0.39 is 0 Å². The summed E-state index contributed by atoms with van der Waals surface area (Å²) in [6, 6.07) is 11.0. The van der Waals surface area contributed by atoms with Crippen molar-refractivity contribution in [2.45, 2.75) is 6.54 Å². The van der Waals surface area contributed by atoms with Crippen LogP contribution in [-0.2, 0) is 6.54 Å². The number of aromatic nitrogens is 3. The van der Waals surface area contributed by atoms with E-state index in [2.05, 4.69) is 25.6 Å². The van der Waals surface area contributed by atoms with Gasteiger partial charge in [0.2, 0.25) is 0 Å². The number of hydrogen-bond acceptors (Lipinski definition) is 5. The van der Waals surface area contributed by atoms with Gasteiger partial charge in [-0.1, -0.05) is 6.07 Å². The second kappa shape index (κ2) is 7.36. The molecular formula is C19H20N6O2. The minimum absolute atomic E-state index is 0.327. The van der Waals surface area contributed by atoms with Crippen molar-refractivity contribution in [1.82, 2.24) is 14.8 Å². The van der Waals surface area contributed by atoms with Crippen LogP contribution in [0.3, 0.4) is 0 Å². The number of pyridine rings is 1. The maximum atomic E-state index is 12.3. The topological polar surface area (TPSA) is 84.3 Å². The summed E-state index contributed by atoms with van der Waals surface area (Å²) in [5.74, 6) is 0.825. The molecule has 0 spiro atoms. The first-order valence-corrected chi connectivity index (χ1v) is 8.66. The molecule has 2 N–H and O–H groups in total. The lowest BCUT2D eigenvalue weighted by atomic mass is 10.2. The SMILES string of the molecule is CN1CCOc2ccc(NC(=O)Nc3cnn(Cc4ccccn4)c3)cc21. The van der Waals surface area contributed by atoms with Crippen LogP contribution in [-0.4, -0.2) is 41.0 Å². The Bertz CT molecular complexity index is 940. The van der Waals surface area contributed by atoms with Gasteiger partial charge in [0.05, 0.1) is 36.4 Å². The highest BCUT2D eigenvalue weighted by Crippen LogP contribution is 2.33. The lowest BCUT2D eigenvalue weighted by Crippen LogP contribution is -2.29. The van der Waals surface area contributed by atoms with Gasteiger partial charge in [-0.05, 0) is 30.3 Å². The Balaban J connectivity index is 1.38. The van der Waals surface area contributed by atoms with Crippen LogP contribution in [0.4, 0.5) is 21.9 Å². The lowest BCUT2D eigenvalue weighted by Gasteiger charge is -2.28. The van der Waals surface area contributed by atoms with Gasteiger partial charge in [0.25, 0.3) is 0 Å². The molecule has 8 heteroatoms. The van der Waals surface area contributed by atoms with Crippen molar-refractivity contribution in [1.29, 1.82) is 0 Å². The number of ether oxygens (including phenoxy) is 1. The van der Waals surface area contributed by atoms with E-state index in [1.54, 1.807) is 23.3 Å². The maximum absolute atomic E-state index is 12.3. The summed E-state index contributed by atoms with van der Waals surface area (Å²) >= 11 is 0. The largest absolute Gasteiger partial charge is 0.490 e. The smallest absolute Gasteiger partial charge is 0.323 e. The number of carbonyl (C=O) groups is 1. The van der Waals surface area contributed by atoms with E-state index >= 15 is 0 Å². The van der Waals surface area contributed by atoms with Crippen molar-refractivity contribution in [3.05, 3.63) is 60.7 Å². The van der Waals surface area contributed by atoms with Gasteiger partial charge in [0.1, 0.15) is 12.4 Å². The second-order valence-electron chi connectivity index (χ2n) is 6.28. The Hall–Kier alpha value is -3.55. The van der Waals surface area contributed by atoms with Crippen molar-refractivity contribution in [2.24, 2.45) is 0 Å². The van der Waals surface area contributed by atoms with Gasteiger partial charge in [-0.15, -0.1) is 0 Å². The standard InChI is InChI=1S/C19H20N6O2/c1-24-8-9-27-18-6-5-14(10-17(18)24)22-19(26)23-16-11-21-25(13-16)12-15-4-2-3-7-20-15/h2-7,10-11,13H,8-9,12H2,1H3,(H2,22,23,26). The Morgan fingerprint density at radius 3 is 2.96 bits per heavy atom. The van der Waals surface area contributed by atoms with Crippen LogP contribution < -0.4 is 20.3 Å². The number of rotatable bonds is 4. The molecule has 3 aromatic rings. The van der Waals surface area contributed by atoms with Crippen LogP contribution in [0, 0.1) is 0 Å². The molecule has 2 amide bonds. The van der Waals surface area contributed by atoms with E-state index in [0.717, 1.165) is 23.7 Å². The minimum atomic E-state index is -0.327. The number of benzene rings is 1. The quantitative estimate of drug-likeness (QED) is 0.744. The lowest BCUT2D eigenvalue weighted by molar-refractivity contribution is 0.262. The van der Waals surface area contributed by atoms with Crippen LogP contribution in [0.5, 0.6) is 5.75 Å². The fraction of sp³-hybridized carbons (Fsp3) is 0.211. The molecule has 0 radical (unpaired) electrons. The van der Waals surface area contributed by atoms with Gasteiger partial charge in [-0.25, -0.2) is 4.79 Å². The number of likely N-dealkylation sites (N-methyl/N-ethyl adjacent to an activating group) is 1. The molecule has 8 nitrogen and oxygen atoms in total. The number of anilines is 3. The average Bonchev–Trinajstić information content (AvgIpc) is 3.10. The van der Waals surface area contributed by atoms with E-state index in [0.29, 0.717) is 24.5 Å². The van der Waals surface area contributed by atoms with Gasteiger partial charge in [0.15, 0.2) is 0 Å². The van der Waals surface area contributed by atoms with Crippen LogP contribution in [0.25, 0.3) is 0 Å². The molecule has 27 heavy (non-hydrogen) atoms. The molecule has 0 aliphatic carbocycles. The van der Waals surface area contributed by atoms with Crippen molar-refractivity contribution in [2.75, 3.05) is 35.7 Å². The summed E-state index contributed by atoms with van der Waals surface area (Å²) < 4.78 is 7.34. The number of fused-ring (bicyclic) bond motifs is 1. The van der Waals surface area contributed by atoms with E-state index in [4.69, 9.17) is 4.74 Å². The van der Waals surface area contributed by atoms with E-state index in [-0.39, 0.29) is 6.03 Å². The highest BCUT2D eigenvalue weighted by molar-refractivity contribution is 6.00. The Morgan fingerprint density at radius 2 is 2.11 bits per heavy atom. The summed E-state index contributed by atoms with van der Waals surface area (Å²) in [6.07, 6.45) is 5.12. The Morgan fingerprint density at radius 1 is 1.22 bits per heavy atom. The molecule has 0 saturated carbocycles. The number of nitrogens with zero attached hydrogens (tertiary/aromatic N) is 4. The average molecular weight is 364 g/mol. The molecular weight excluding hydrogens is 344 g/mol. The molecule has 2 aromatic heterocycles. The first-order chi connectivity index (χ1) is 13.2. The number of nitrogens with one attached hydrogen (secondary N) is 2. The highest BCUT2D eigenvalue weighted by Gasteiger charge is 2.15. The molecule has 1 aliphatic heterocycles. The monoisotopic (exact) mass is 364 g/mol. The van der Waals surface area contributed by atoms with Crippen molar-refractivity contribution >= 4 is 23.1 Å². The number of carbonyl (C=O) groups excluding carboxylic acids is 1. The third-order valence-electron chi connectivity index (χ3n) is 4.25. The van der Waals surface area contributed by atoms with E-state index in [1.807, 2.05) is 43.4 Å². The molecule has 3 heterocycles. The minimum Gasteiger partial charge on any atom is -0.490 e. The molecule has 0 bridgehead atoms. The van der Waals surface area contributed by atoms with Gasteiger partial charge < -0.3 is 20.3 Å². The zero-order chi connectivity index (χ0) is 18.6. The van der Waals surface area contributed by atoms with Gasteiger partial charge in [-0.3, -0.25) is 9.67 Å². The summed E-state index contributed by atoms with van der Waals surface area (Å²) in [5.41, 5.74) is 3.17. The van der Waals surface area contributed by atoms with Gasteiger partial charge in [0, 0.05) is 25.1 Å². The van der Waals surface area contributed by atoms with E-state index in [9.17, 15) is 4.79 Å². The van der Waals surface area contributed by atoms with E-state index in [1.165, 1.54) is 0 Å². The number of hydrogen-bond donors (Lipinski definition) is 2. The van der Waals surface area contributed by atoms with Crippen molar-refractivity contribution in [3.8, 4) is 5.75 Å². The second-order valence-corrected chi connectivity index (χ2v) is 6.28. The first kappa shape index (κ1) is 16.9. The Labute approximate surface area is 156 Å². The summed E-state index contributed by atoms with van der Waals surface area (Å²) in [5, 5.41) is 9.88. The molecule has 4 rings (SSSR count). The third kappa shape index (κ3) is 4.00. The zero-order valence-electron chi connectivity index (χ0n) is 14.9. The van der Waals surface area contributed by atoms with Crippen LogP contribution in [0.2, 0.25) is 0 Å². The predicted molar refractivity (Wildman–Crippen MR) is 103 cm³/mol. The number of urea groups is 1. The van der Waals surface area contributed by atoms with Crippen molar-refractivity contribution < 1.29 is 9.53 Å². The van der Waals surface area contributed by atoms with Crippen LogP contribution >= 0.6 is 0 Å². The summed E-state index contributed by atoms with van der Waals surface area (Å²) in [7, 11) is 2.00. The molecule has 0 atom stereocenters. The van der Waals surface area contributed by atoms with Gasteiger partial charge >= 0.3 is 6.03 Å². The van der Waals surface area contributed by atoms with Crippen LogP contribution in [0.1, 0.15) is 5.69 Å². The molecule has 0 unspecified atom stereocenters. The normalized spacial score (nSPS) is 12.9. The molecule has 138 valence electrons. The molecule has 0 saturated heterocycles. The number of amides is 2. The third-order valence-corrected chi connectivity index (χ3v) is 4.25. The Kier molecular flexibility index (Phi) is 4.61. The van der Waals surface area contributed by atoms with Crippen molar-refractivity contribution in [3.63, 3.8) is 0 Å². The highest BCUT2D eigenvalue weighted by atomic mass is 16.5. The van der Waals surface area contributed by atoms with Gasteiger partial charge in [-0.2, -0.15) is 5.10 Å². The summed E-state index contributed by atoms with van der Waals surface area (Å²) in [4.78, 5) is 18.6. The fourth-order valence-corrected chi connectivity index (χ4v) is 2.89. The first-order valence-electron chi connectivity index (χ1n) is 8.66. The fourth-order valence-electron chi connectivity index (χ4n) is 2.89.